The number of nitriles is 1. The molecular weight excluding hydrogens is 546 g/mol. The minimum Gasteiger partial charge on any atom is -0.494 e. The van der Waals surface area contributed by atoms with Crippen molar-refractivity contribution in [3.8, 4) is 11.8 Å². The number of benzene rings is 2. The predicted molar refractivity (Wildman–Crippen MR) is 163 cm³/mol. The number of carbonyl (C=O) groups excluding carboxylic acids is 2. The summed E-state index contributed by atoms with van der Waals surface area (Å²) < 4.78 is 16.1. The third kappa shape index (κ3) is 5.53. The number of hydrogen-bond acceptors (Lipinski definition) is 10. The van der Waals surface area contributed by atoms with Crippen molar-refractivity contribution in [3.63, 3.8) is 0 Å². The Labute approximate surface area is 252 Å². The van der Waals surface area contributed by atoms with Gasteiger partial charge in [-0.1, -0.05) is 30.3 Å². The Morgan fingerprint density at radius 3 is 2.14 bits per heavy atom. The van der Waals surface area contributed by atoms with E-state index in [1.54, 1.807) is 30.3 Å². The van der Waals surface area contributed by atoms with Gasteiger partial charge in [-0.25, -0.2) is 9.59 Å². The van der Waals surface area contributed by atoms with Crippen LogP contribution in [0.4, 0.5) is 11.4 Å². The Morgan fingerprint density at radius 2 is 1.56 bits per heavy atom. The van der Waals surface area contributed by atoms with Crippen molar-refractivity contribution in [1.82, 2.24) is 4.90 Å². The fourth-order valence-corrected chi connectivity index (χ4v) is 6.64. The molecule has 10 heteroatoms. The van der Waals surface area contributed by atoms with E-state index in [9.17, 15) is 14.9 Å². The molecule has 2 N–H and O–H groups in total. The lowest BCUT2D eigenvalue weighted by Crippen LogP contribution is -2.46. The minimum atomic E-state index is -0.936. The van der Waals surface area contributed by atoms with Crippen LogP contribution in [0.3, 0.4) is 0 Å². The van der Waals surface area contributed by atoms with Crippen molar-refractivity contribution in [2.75, 3.05) is 64.4 Å². The van der Waals surface area contributed by atoms with E-state index in [1.807, 2.05) is 18.2 Å². The average Bonchev–Trinajstić information content (AvgIpc) is 3.05. The van der Waals surface area contributed by atoms with Crippen molar-refractivity contribution in [1.29, 1.82) is 5.26 Å². The summed E-state index contributed by atoms with van der Waals surface area (Å²) in [4.78, 5) is 32.9. The largest absolute Gasteiger partial charge is 0.494 e. The second-order valence-electron chi connectivity index (χ2n) is 11.5. The summed E-state index contributed by atoms with van der Waals surface area (Å²) in [7, 11) is 6.19. The molecule has 0 bridgehead atoms. The van der Waals surface area contributed by atoms with Crippen LogP contribution in [0.5, 0.6) is 5.75 Å². The highest BCUT2D eigenvalue weighted by Crippen LogP contribution is 2.47. The molecule has 1 unspecified atom stereocenters. The Kier molecular flexibility index (Phi) is 8.64. The molecule has 2 aromatic carbocycles. The maximum atomic E-state index is 13.4. The lowest BCUT2D eigenvalue weighted by molar-refractivity contribution is -0.139. The van der Waals surface area contributed by atoms with E-state index in [2.05, 4.69) is 22.9 Å². The highest BCUT2D eigenvalue weighted by molar-refractivity contribution is 6.06. The van der Waals surface area contributed by atoms with Crippen molar-refractivity contribution >= 4 is 23.3 Å². The molecule has 43 heavy (non-hydrogen) atoms. The minimum absolute atomic E-state index is 0.00219. The number of anilines is 2. The van der Waals surface area contributed by atoms with Gasteiger partial charge in [0.1, 0.15) is 17.3 Å². The number of hydrogen-bond donors (Lipinski definition) is 1. The van der Waals surface area contributed by atoms with Gasteiger partial charge in [-0.15, -0.1) is 0 Å². The van der Waals surface area contributed by atoms with Crippen molar-refractivity contribution in [2.45, 2.75) is 31.6 Å². The van der Waals surface area contributed by atoms with Gasteiger partial charge in [0.25, 0.3) is 0 Å². The molecule has 10 nitrogen and oxygen atoms in total. The van der Waals surface area contributed by atoms with E-state index in [4.69, 9.17) is 19.9 Å². The first kappa shape index (κ1) is 30.0. The predicted octanol–water partition coefficient (Wildman–Crippen LogP) is 3.91. The number of esters is 2. The number of methoxy groups -OCH3 is 3. The number of allylic oxidation sites excluding steroid dienone is 1. The molecule has 0 radical (unpaired) electrons. The first-order chi connectivity index (χ1) is 20.8. The van der Waals surface area contributed by atoms with Gasteiger partial charge in [0.2, 0.25) is 0 Å². The standard InChI is InChI=1S/C33H39N5O5/c1-36-16-12-33(13-17-36)14-18-37(19-15-33)23-10-11-25(26(20-23)41-2)38-29(32(40)43-4)28(31(39)42-3)27(24(21-34)30(38)35)22-8-6-5-7-9-22/h5-11,20,27H,12-19,35H2,1-4H3. The van der Waals surface area contributed by atoms with Crippen LogP contribution in [-0.4, -0.2) is 71.4 Å². The summed E-state index contributed by atoms with van der Waals surface area (Å²) >= 11 is 0. The summed E-state index contributed by atoms with van der Waals surface area (Å²) in [6.07, 6.45) is 4.74. The smallest absolute Gasteiger partial charge is 0.355 e. The van der Waals surface area contributed by atoms with Gasteiger partial charge in [0.05, 0.1) is 50.2 Å². The monoisotopic (exact) mass is 585 g/mol. The zero-order chi connectivity index (χ0) is 30.7. The number of carbonyl (C=O) groups is 2. The zero-order valence-electron chi connectivity index (χ0n) is 25.3. The average molecular weight is 586 g/mol. The molecule has 3 aliphatic rings. The van der Waals surface area contributed by atoms with E-state index in [0.717, 1.165) is 44.7 Å². The van der Waals surface area contributed by atoms with Gasteiger partial charge in [0.15, 0.2) is 0 Å². The van der Waals surface area contributed by atoms with Gasteiger partial charge in [-0.2, -0.15) is 5.26 Å². The number of likely N-dealkylation sites (tertiary alicyclic amines) is 1. The van der Waals surface area contributed by atoms with E-state index in [-0.39, 0.29) is 22.7 Å². The molecule has 5 rings (SSSR count). The van der Waals surface area contributed by atoms with Crippen molar-refractivity contribution in [2.24, 2.45) is 11.1 Å². The number of piperidine rings is 2. The second kappa shape index (κ2) is 12.4. The van der Waals surface area contributed by atoms with Crippen LogP contribution in [0.2, 0.25) is 0 Å². The maximum absolute atomic E-state index is 13.4. The normalized spacial score (nSPS) is 20.6. The fraction of sp³-hybridized carbons (Fsp3) is 0.424. The Bertz CT molecular complexity index is 1480. The first-order valence-corrected chi connectivity index (χ1v) is 14.5. The Hall–Kier alpha value is -4.49. The van der Waals surface area contributed by atoms with Crippen LogP contribution in [0.25, 0.3) is 0 Å². The molecule has 2 aromatic rings. The topological polar surface area (TPSA) is 121 Å². The molecule has 0 aliphatic carbocycles. The lowest BCUT2D eigenvalue weighted by atomic mass is 9.71. The Balaban J connectivity index is 1.57. The molecular formula is C33H39N5O5. The molecule has 2 saturated heterocycles. The molecule has 0 amide bonds. The number of nitrogens with zero attached hydrogens (tertiary/aromatic N) is 4. The summed E-state index contributed by atoms with van der Waals surface area (Å²) in [5.74, 6) is -2.08. The highest BCUT2D eigenvalue weighted by Gasteiger charge is 2.44. The molecule has 0 saturated carbocycles. The molecule has 226 valence electrons. The quantitative estimate of drug-likeness (QED) is 0.500. The van der Waals surface area contributed by atoms with Crippen LogP contribution < -0.4 is 20.3 Å². The molecule has 1 spiro atoms. The van der Waals surface area contributed by atoms with Crippen molar-refractivity contribution in [3.05, 3.63) is 76.8 Å². The SMILES string of the molecule is COC(=O)C1=C(C(=O)OC)N(c2ccc(N3CCC4(CCN(C)CC4)CC3)cc2OC)C(N)=C(C#N)C1c1ccccc1. The summed E-state index contributed by atoms with van der Waals surface area (Å²) in [6.45, 7) is 4.17. The van der Waals surface area contributed by atoms with Gasteiger partial charge >= 0.3 is 11.9 Å². The summed E-state index contributed by atoms with van der Waals surface area (Å²) in [5, 5.41) is 10.3. The van der Waals surface area contributed by atoms with Crippen LogP contribution in [-0.2, 0) is 19.1 Å². The van der Waals surface area contributed by atoms with E-state index < -0.39 is 17.9 Å². The number of rotatable bonds is 6. The molecule has 2 fully saturated rings. The van der Waals surface area contributed by atoms with Crippen LogP contribution in [0.15, 0.2) is 71.2 Å². The Morgan fingerprint density at radius 1 is 0.930 bits per heavy atom. The maximum Gasteiger partial charge on any atom is 0.355 e. The van der Waals surface area contributed by atoms with E-state index >= 15 is 0 Å². The molecule has 1 atom stereocenters. The van der Waals surface area contributed by atoms with Gasteiger partial charge in [0, 0.05) is 24.8 Å². The van der Waals surface area contributed by atoms with Crippen LogP contribution >= 0.6 is 0 Å². The summed E-state index contributed by atoms with van der Waals surface area (Å²) in [6, 6.07) is 16.8. The third-order valence-electron chi connectivity index (χ3n) is 9.25. The fourth-order valence-electron chi connectivity index (χ4n) is 6.64. The number of ether oxygens (including phenoxy) is 3. The second-order valence-corrected chi connectivity index (χ2v) is 11.5. The molecule has 0 aromatic heterocycles. The van der Waals surface area contributed by atoms with Gasteiger partial charge in [-0.05, 0) is 68.9 Å². The number of nitrogens with two attached hydrogens (primary N) is 1. The van der Waals surface area contributed by atoms with Crippen molar-refractivity contribution < 1.29 is 23.8 Å². The van der Waals surface area contributed by atoms with E-state index in [1.165, 1.54) is 39.1 Å². The zero-order valence-corrected chi connectivity index (χ0v) is 25.3. The highest BCUT2D eigenvalue weighted by atomic mass is 16.5. The third-order valence-corrected chi connectivity index (χ3v) is 9.25. The van der Waals surface area contributed by atoms with E-state index in [0.29, 0.717) is 22.4 Å². The molecule has 3 heterocycles. The lowest BCUT2D eigenvalue weighted by Gasteiger charge is -2.47. The van der Waals surface area contributed by atoms with Crippen LogP contribution in [0, 0.1) is 16.7 Å². The molecule has 3 aliphatic heterocycles. The first-order valence-electron chi connectivity index (χ1n) is 14.5. The van der Waals surface area contributed by atoms with Gasteiger partial charge in [-0.3, -0.25) is 4.90 Å². The van der Waals surface area contributed by atoms with Gasteiger partial charge < -0.3 is 29.7 Å². The van der Waals surface area contributed by atoms with Crippen LogP contribution in [0.1, 0.15) is 37.2 Å². The summed E-state index contributed by atoms with van der Waals surface area (Å²) in [5.41, 5.74) is 9.02.